The van der Waals surface area contributed by atoms with Crippen LogP contribution in [0.5, 0.6) is 0 Å². The number of aryl methyl sites for hydroxylation is 1. The molecular formula is C25H29ClN6O2S. The molecule has 0 radical (unpaired) electrons. The van der Waals surface area contributed by atoms with Gasteiger partial charge in [0.2, 0.25) is 0 Å². The highest BCUT2D eigenvalue weighted by Crippen LogP contribution is 2.46. The number of halogens is 1. The largest absolute Gasteiger partial charge is 0.356 e. The van der Waals surface area contributed by atoms with Crippen molar-refractivity contribution < 1.29 is 9.00 Å². The minimum absolute atomic E-state index is 0.136. The van der Waals surface area contributed by atoms with Crippen molar-refractivity contribution in [2.75, 3.05) is 35.5 Å². The second kappa shape index (κ2) is 8.78. The second-order valence-corrected chi connectivity index (χ2v) is 11.6. The molecule has 2 aromatic heterocycles. The molecular weight excluding hydrogens is 484 g/mol. The number of fused-ring (bicyclic) bond motifs is 2. The van der Waals surface area contributed by atoms with Crippen molar-refractivity contribution in [1.29, 1.82) is 0 Å². The second-order valence-electron chi connectivity index (χ2n) is 10.0. The zero-order valence-electron chi connectivity index (χ0n) is 19.9. The Morgan fingerprint density at radius 2 is 2.00 bits per heavy atom. The summed E-state index contributed by atoms with van der Waals surface area (Å²) in [7, 11) is -1.31. The molecule has 2 saturated heterocycles. The average molecular weight is 513 g/mol. The number of carbonyl (C=O) groups is 1. The number of aromatic nitrogens is 3. The molecule has 6 rings (SSSR count). The molecule has 3 aromatic rings. The minimum atomic E-state index is -1.31. The lowest BCUT2D eigenvalue weighted by Gasteiger charge is -2.35. The van der Waals surface area contributed by atoms with E-state index in [9.17, 15) is 9.00 Å². The first-order valence-corrected chi connectivity index (χ1v) is 14.1. The zero-order chi connectivity index (χ0) is 24.3. The van der Waals surface area contributed by atoms with Crippen molar-refractivity contribution in [2.45, 2.75) is 38.6 Å². The highest BCUT2D eigenvalue weighted by atomic mass is 35.5. The third-order valence-electron chi connectivity index (χ3n) is 7.47. The van der Waals surface area contributed by atoms with Gasteiger partial charge in [0.15, 0.2) is 5.65 Å². The number of rotatable bonds is 5. The Morgan fingerprint density at radius 1 is 1.20 bits per heavy atom. The molecule has 4 heterocycles. The summed E-state index contributed by atoms with van der Waals surface area (Å²) in [5.74, 6) is 2.59. The Balaban J connectivity index is 1.32. The molecule has 2 aliphatic heterocycles. The van der Waals surface area contributed by atoms with Crippen molar-refractivity contribution in [3.8, 4) is 0 Å². The number of benzene rings is 1. The predicted octanol–water partition coefficient (Wildman–Crippen LogP) is 4.22. The molecule has 4 atom stereocenters. The van der Waals surface area contributed by atoms with Crippen molar-refractivity contribution in [2.24, 2.45) is 11.8 Å². The molecule has 1 aliphatic carbocycles. The van der Waals surface area contributed by atoms with E-state index in [1.807, 2.05) is 15.5 Å². The van der Waals surface area contributed by atoms with Crippen molar-refractivity contribution in [1.82, 2.24) is 19.5 Å². The van der Waals surface area contributed by atoms with Gasteiger partial charge in [-0.1, -0.05) is 11.6 Å². The smallest absolute Gasteiger partial charge is 0.256 e. The maximum atomic E-state index is 13.7. The minimum Gasteiger partial charge on any atom is -0.356 e. The highest BCUT2D eigenvalue weighted by molar-refractivity contribution is 7.85. The zero-order valence-corrected chi connectivity index (χ0v) is 21.5. The first kappa shape index (κ1) is 22.8. The van der Waals surface area contributed by atoms with Gasteiger partial charge in [0.05, 0.1) is 23.0 Å². The maximum absolute atomic E-state index is 13.7. The van der Waals surface area contributed by atoms with Crippen LogP contribution in [0, 0.1) is 18.8 Å². The van der Waals surface area contributed by atoms with Crippen LogP contribution in [0.25, 0.3) is 5.65 Å². The van der Waals surface area contributed by atoms with Gasteiger partial charge in [0, 0.05) is 48.7 Å². The molecule has 1 aromatic carbocycles. The summed E-state index contributed by atoms with van der Waals surface area (Å²) < 4.78 is 16.5. The fourth-order valence-electron chi connectivity index (χ4n) is 5.65. The lowest BCUT2D eigenvalue weighted by Crippen LogP contribution is -2.39. The quantitative estimate of drug-likeness (QED) is 0.553. The third kappa shape index (κ3) is 4.29. The number of amides is 1. The first-order valence-electron chi connectivity index (χ1n) is 12.2. The summed E-state index contributed by atoms with van der Waals surface area (Å²) in [6.07, 6.45) is 7.74. The molecule has 1 saturated carbocycles. The van der Waals surface area contributed by atoms with Crippen LogP contribution in [-0.4, -0.2) is 55.5 Å². The van der Waals surface area contributed by atoms with E-state index in [2.05, 4.69) is 22.7 Å². The fourth-order valence-corrected chi connectivity index (χ4v) is 6.31. The number of piperidine rings is 2. The Morgan fingerprint density at radius 3 is 2.77 bits per heavy atom. The van der Waals surface area contributed by atoms with Crippen molar-refractivity contribution in [3.05, 3.63) is 52.3 Å². The molecule has 0 spiro atoms. The molecule has 1 N–H and O–H groups in total. The normalized spacial score (nSPS) is 24.5. The van der Waals surface area contributed by atoms with Gasteiger partial charge in [-0.25, -0.2) is 13.7 Å². The van der Waals surface area contributed by atoms with E-state index in [1.54, 1.807) is 18.2 Å². The lowest BCUT2D eigenvalue weighted by atomic mass is 9.98. The molecule has 1 amide bonds. The predicted molar refractivity (Wildman–Crippen MR) is 138 cm³/mol. The molecule has 4 unspecified atom stereocenters. The number of hydrogen-bond donors (Lipinski definition) is 1. The molecule has 3 aliphatic rings. The summed E-state index contributed by atoms with van der Waals surface area (Å²) >= 11 is 6.24. The van der Waals surface area contributed by atoms with E-state index >= 15 is 0 Å². The highest BCUT2D eigenvalue weighted by Gasteiger charge is 2.45. The van der Waals surface area contributed by atoms with Gasteiger partial charge in [-0.15, -0.1) is 0 Å². The fraction of sp³-hybridized carbons (Fsp3) is 0.480. The van der Waals surface area contributed by atoms with Gasteiger partial charge < -0.3 is 14.5 Å². The average Bonchev–Trinajstić information content (AvgIpc) is 3.23. The molecule has 3 fully saturated rings. The van der Waals surface area contributed by atoms with E-state index in [0.717, 1.165) is 66.9 Å². The first-order chi connectivity index (χ1) is 16.9. The maximum Gasteiger partial charge on any atom is 0.256 e. The van der Waals surface area contributed by atoms with Crippen LogP contribution < -0.4 is 9.62 Å². The van der Waals surface area contributed by atoms with Gasteiger partial charge in [0.1, 0.15) is 16.8 Å². The lowest BCUT2D eigenvalue weighted by molar-refractivity contribution is 0.0607. The van der Waals surface area contributed by atoms with Gasteiger partial charge in [-0.05, 0) is 62.6 Å². The topological polar surface area (TPSA) is 82.8 Å². The Bertz CT molecular complexity index is 1330. The van der Waals surface area contributed by atoms with Crippen LogP contribution >= 0.6 is 11.6 Å². The van der Waals surface area contributed by atoms with Crippen molar-refractivity contribution in [3.63, 3.8) is 0 Å². The Labute approximate surface area is 212 Å². The van der Waals surface area contributed by atoms with E-state index in [4.69, 9.17) is 21.7 Å². The standard InChI is InChI=1S/C25H29ClN6O2S/c1-15-12-32-23(27-24(15)30-13-16-9-17(16)14-30)11-21(28-32)22-5-3-4-8-31(22)25(33)19-10-18(26)6-7-20(19)29-35(2)34/h6-7,10-12,16-17,22,29H,3-5,8-9,13-14H2,1-2H3. The number of likely N-dealkylation sites (tertiary alicyclic amines) is 1. The third-order valence-corrected chi connectivity index (χ3v) is 8.22. The number of carbonyl (C=O) groups excluding carboxylic acids is 1. The van der Waals surface area contributed by atoms with Crippen LogP contribution in [-0.2, 0) is 11.0 Å². The molecule has 8 nitrogen and oxygen atoms in total. The molecule has 184 valence electrons. The summed E-state index contributed by atoms with van der Waals surface area (Å²) in [5, 5.41) is 5.32. The van der Waals surface area contributed by atoms with E-state index in [1.165, 1.54) is 12.7 Å². The van der Waals surface area contributed by atoms with Crippen LogP contribution in [0.4, 0.5) is 11.5 Å². The SMILES string of the molecule is Cc1cn2nc(C3CCCCN3C(=O)c3cc(Cl)ccc3NS(C)=O)cc2nc1N1CC2CC2C1. The summed E-state index contributed by atoms with van der Waals surface area (Å²) in [5.41, 5.74) is 3.72. The number of hydrogen-bond acceptors (Lipinski definition) is 5. The number of nitrogens with zero attached hydrogens (tertiary/aromatic N) is 5. The summed E-state index contributed by atoms with van der Waals surface area (Å²) in [6, 6.07) is 6.91. The molecule has 10 heteroatoms. The van der Waals surface area contributed by atoms with Gasteiger partial charge in [-0.2, -0.15) is 5.10 Å². The van der Waals surface area contributed by atoms with Crippen LogP contribution in [0.1, 0.15) is 53.3 Å². The van der Waals surface area contributed by atoms with E-state index in [-0.39, 0.29) is 11.9 Å². The number of nitrogens with one attached hydrogen (secondary N) is 1. The number of anilines is 2. The summed E-state index contributed by atoms with van der Waals surface area (Å²) in [6.45, 7) is 4.92. The van der Waals surface area contributed by atoms with E-state index in [0.29, 0.717) is 22.8 Å². The van der Waals surface area contributed by atoms with Gasteiger partial charge in [0.25, 0.3) is 5.91 Å². The van der Waals surface area contributed by atoms with E-state index < -0.39 is 11.0 Å². The van der Waals surface area contributed by atoms with Crippen LogP contribution in [0.15, 0.2) is 30.5 Å². The summed E-state index contributed by atoms with van der Waals surface area (Å²) in [4.78, 5) is 23.0. The van der Waals surface area contributed by atoms with Crippen LogP contribution in [0.3, 0.4) is 0 Å². The van der Waals surface area contributed by atoms with Crippen LogP contribution in [0.2, 0.25) is 5.02 Å². The Kier molecular flexibility index (Phi) is 5.72. The van der Waals surface area contributed by atoms with Gasteiger partial charge >= 0.3 is 0 Å². The molecule has 0 bridgehead atoms. The Hall–Kier alpha value is -2.65. The van der Waals surface area contributed by atoms with Gasteiger partial charge in [-0.3, -0.25) is 4.79 Å². The molecule has 35 heavy (non-hydrogen) atoms. The van der Waals surface area contributed by atoms with Crippen molar-refractivity contribution >= 4 is 45.6 Å². The monoisotopic (exact) mass is 512 g/mol.